The van der Waals surface area contributed by atoms with E-state index in [0.717, 1.165) is 53.4 Å². The van der Waals surface area contributed by atoms with E-state index < -0.39 is 0 Å². The van der Waals surface area contributed by atoms with Crippen LogP contribution in [-0.2, 0) is 4.84 Å². The highest BCUT2D eigenvalue weighted by Gasteiger charge is 2.07. The highest BCUT2D eigenvalue weighted by atomic mass is 16.6. The van der Waals surface area contributed by atoms with E-state index in [0.29, 0.717) is 26.4 Å². The third kappa shape index (κ3) is 9.33. The molecule has 6 nitrogen and oxygen atoms in total. The lowest BCUT2D eigenvalue weighted by Gasteiger charge is -2.14. The molecule has 0 unspecified atom stereocenters. The van der Waals surface area contributed by atoms with E-state index in [-0.39, 0.29) is 0 Å². The van der Waals surface area contributed by atoms with Gasteiger partial charge in [-0.05, 0) is 87.6 Å². The Kier molecular flexibility index (Phi) is 11.6. The van der Waals surface area contributed by atoms with Crippen LogP contribution in [0.25, 0.3) is 0 Å². The maximum absolute atomic E-state index is 6.03. The molecule has 2 aromatic carbocycles. The quantitative estimate of drug-likeness (QED) is 0.149. The van der Waals surface area contributed by atoms with Gasteiger partial charge in [0.15, 0.2) is 0 Å². The summed E-state index contributed by atoms with van der Waals surface area (Å²) in [6, 6.07) is 11.6. The lowest BCUT2D eigenvalue weighted by atomic mass is 10.1. The molecule has 2 rings (SSSR count). The fraction of sp³-hybridized carbons (Fsp3) is 0.423. The second-order valence-electron chi connectivity index (χ2n) is 7.28. The first-order valence-electron chi connectivity index (χ1n) is 11.0. The highest BCUT2D eigenvalue weighted by Crippen LogP contribution is 2.28. The molecule has 0 bridgehead atoms. The first-order chi connectivity index (χ1) is 15.6. The number of allylic oxidation sites excluding steroid dienone is 1. The molecule has 0 aliphatic rings. The zero-order valence-corrected chi connectivity index (χ0v) is 19.6. The van der Waals surface area contributed by atoms with Crippen LogP contribution in [-0.4, -0.2) is 39.8 Å². The molecule has 0 aliphatic heterocycles. The number of nitrogens with zero attached hydrogens (tertiary/aromatic N) is 1. The van der Waals surface area contributed by atoms with Gasteiger partial charge in [0, 0.05) is 0 Å². The molecule has 32 heavy (non-hydrogen) atoms. The Bertz CT molecular complexity index is 823. The standard InChI is InChI=1S/C26H35NO5/c1-5-6-15-30-25-19-21(2)26(22(3)20-25)32-17-9-7-8-16-29-23-10-12-24(13-11-23)31-18-14-27-28-4/h5-6,10-14,19-20H,7-9,15-18H2,1-4H3/b6-5+,27-14?. The summed E-state index contributed by atoms with van der Waals surface area (Å²) >= 11 is 0. The monoisotopic (exact) mass is 441 g/mol. The smallest absolute Gasteiger partial charge is 0.127 e. The van der Waals surface area contributed by atoms with Crippen molar-refractivity contribution in [2.45, 2.75) is 40.0 Å². The third-order valence-electron chi connectivity index (χ3n) is 4.65. The van der Waals surface area contributed by atoms with E-state index in [4.69, 9.17) is 18.9 Å². The summed E-state index contributed by atoms with van der Waals surface area (Å²) in [7, 11) is 1.50. The Labute approximate surface area is 191 Å². The fourth-order valence-electron chi connectivity index (χ4n) is 3.08. The minimum Gasteiger partial charge on any atom is -0.494 e. The van der Waals surface area contributed by atoms with Gasteiger partial charge in [-0.1, -0.05) is 17.3 Å². The van der Waals surface area contributed by atoms with Crippen molar-refractivity contribution in [1.29, 1.82) is 0 Å². The van der Waals surface area contributed by atoms with E-state index in [2.05, 4.69) is 23.8 Å². The van der Waals surface area contributed by atoms with E-state index in [1.54, 1.807) is 6.21 Å². The van der Waals surface area contributed by atoms with Crippen molar-refractivity contribution in [2.75, 3.05) is 33.5 Å². The van der Waals surface area contributed by atoms with Crippen LogP contribution in [0.3, 0.4) is 0 Å². The Morgan fingerprint density at radius 1 is 0.750 bits per heavy atom. The van der Waals surface area contributed by atoms with Crippen molar-refractivity contribution in [2.24, 2.45) is 5.16 Å². The van der Waals surface area contributed by atoms with Crippen LogP contribution in [0.15, 0.2) is 53.7 Å². The number of hydrogen-bond acceptors (Lipinski definition) is 6. The summed E-state index contributed by atoms with van der Waals surface area (Å²) < 4.78 is 23.1. The molecule has 0 N–H and O–H groups in total. The molecule has 0 aliphatic carbocycles. The Morgan fingerprint density at radius 3 is 1.97 bits per heavy atom. The van der Waals surface area contributed by atoms with Gasteiger partial charge in [-0.25, -0.2) is 0 Å². The lowest BCUT2D eigenvalue weighted by molar-refractivity contribution is 0.212. The van der Waals surface area contributed by atoms with Gasteiger partial charge in [0.2, 0.25) is 0 Å². The van der Waals surface area contributed by atoms with Gasteiger partial charge in [0.05, 0.1) is 19.4 Å². The summed E-state index contributed by atoms with van der Waals surface area (Å²) in [4.78, 5) is 4.59. The van der Waals surface area contributed by atoms with Crippen LogP contribution in [0.4, 0.5) is 0 Å². The topological polar surface area (TPSA) is 58.5 Å². The number of benzene rings is 2. The average Bonchev–Trinajstić information content (AvgIpc) is 2.78. The number of unbranched alkanes of at least 4 members (excludes halogenated alkanes) is 2. The largest absolute Gasteiger partial charge is 0.494 e. The number of aryl methyl sites for hydroxylation is 2. The summed E-state index contributed by atoms with van der Waals surface area (Å²) in [5, 5.41) is 3.63. The lowest BCUT2D eigenvalue weighted by Crippen LogP contribution is -2.03. The van der Waals surface area contributed by atoms with Crippen molar-refractivity contribution >= 4 is 6.21 Å². The Hall–Kier alpha value is -3.15. The molecular formula is C26H35NO5. The van der Waals surface area contributed by atoms with Crippen molar-refractivity contribution < 1.29 is 23.8 Å². The van der Waals surface area contributed by atoms with Crippen molar-refractivity contribution in [3.8, 4) is 23.0 Å². The molecule has 0 saturated carbocycles. The minimum atomic E-state index is 0.365. The van der Waals surface area contributed by atoms with Crippen LogP contribution in [0, 0.1) is 13.8 Å². The van der Waals surface area contributed by atoms with Crippen molar-refractivity contribution in [3.05, 3.63) is 59.7 Å². The minimum absolute atomic E-state index is 0.365. The summed E-state index contributed by atoms with van der Waals surface area (Å²) in [6.45, 7) is 8.42. The molecule has 2 aromatic rings. The van der Waals surface area contributed by atoms with E-state index in [1.807, 2.05) is 55.5 Å². The molecule has 0 spiro atoms. The summed E-state index contributed by atoms with van der Waals surface area (Å²) in [5.74, 6) is 3.43. The zero-order chi connectivity index (χ0) is 23.0. The maximum atomic E-state index is 6.03. The fourth-order valence-corrected chi connectivity index (χ4v) is 3.08. The van der Waals surface area contributed by atoms with Crippen molar-refractivity contribution in [1.82, 2.24) is 0 Å². The second kappa shape index (κ2) is 14.8. The third-order valence-corrected chi connectivity index (χ3v) is 4.65. The average molecular weight is 442 g/mol. The molecule has 0 aromatic heterocycles. The maximum Gasteiger partial charge on any atom is 0.127 e. The second-order valence-corrected chi connectivity index (χ2v) is 7.28. The van der Waals surface area contributed by atoms with Gasteiger partial charge in [-0.15, -0.1) is 0 Å². The van der Waals surface area contributed by atoms with Crippen LogP contribution in [0.1, 0.15) is 37.3 Å². The molecule has 0 atom stereocenters. The number of oxime groups is 1. The van der Waals surface area contributed by atoms with Gasteiger partial charge in [-0.3, -0.25) is 0 Å². The van der Waals surface area contributed by atoms with Crippen LogP contribution < -0.4 is 18.9 Å². The normalized spacial score (nSPS) is 11.1. The van der Waals surface area contributed by atoms with E-state index in [9.17, 15) is 0 Å². The Morgan fingerprint density at radius 2 is 1.34 bits per heavy atom. The van der Waals surface area contributed by atoms with Gasteiger partial charge in [-0.2, -0.15) is 0 Å². The van der Waals surface area contributed by atoms with Crippen LogP contribution >= 0.6 is 0 Å². The van der Waals surface area contributed by atoms with Crippen LogP contribution in [0.2, 0.25) is 0 Å². The first kappa shape index (κ1) is 25.1. The molecule has 0 heterocycles. The zero-order valence-electron chi connectivity index (χ0n) is 19.6. The first-order valence-corrected chi connectivity index (χ1v) is 11.0. The predicted octanol–water partition coefficient (Wildman–Crippen LogP) is 5.90. The molecule has 0 amide bonds. The SMILES string of the molecule is C/C=C/COc1cc(C)c(OCCCCCOc2ccc(OCC=NOC)cc2)c(C)c1. The van der Waals surface area contributed by atoms with Crippen LogP contribution in [0.5, 0.6) is 23.0 Å². The van der Waals surface area contributed by atoms with Gasteiger partial charge in [0.1, 0.15) is 43.3 Å². The van der Waals surface area contributed by atoms with Gasteiger partial charge in [0.25, 0.3) is 0 Å². The van der Waals surface area contributed by atoms with E-state index in [1.165, 1.54) is 7.11 Å². The molecule has 0 fully saturated rings. The number of ether oxygens (including phenoxy) is 4. The van der Waals surface area contributed by atoms with E-state index >= 15 is 0 Å². The molecule has 0 saturated heterocycles. The van der Waals surface area contributed by atoms with Gasteiger partial charge < -0.3 is 23.8 Å². The van der Waals surface area contributed by atoms with Gasteiger partial charge >= 0.3 is 0 Å². The highest BCUT2D eigenvalue weighted by molar-refractivity contribution is 5.58. The summed E-state index contributed by atoms with van der Waals surface area (Å²) in [6.07, 6.45) is 8.54. The molecule has 174 valence electrons. The van der Waals surface area contributed by atoms with Crippen molar-refractivity contribution in [3.63, 3.8) is 0 Å². The predicted molar refractivity (Wildman–Crippen MR) is 129 cm³/mol. The number of rotatable bonds is 15. The summed E-state index contributed by atoms with van der Waals surface area (Å²) in [5.41, 5.74) is 2.20. The molecule has 6 heteroatoms. The Balaban J connectivity index is 1.62. The molecule has 0 radical (unpaired) electrons. The number of hydrogen-bond donors (Lipinski definition) is 0. The molecular weight excluding hydrogens is 406 g/mol.